The number of carboxylic acids is 1. The van der Waals surface area contributed by atoms with Gasteiger partial charge in [0, 0.05) is 12.5 Å². The van der Waals surface area contributed by atoms with Gasteiger partial charge in [0.15, 0.2) is 6.10 Å². The van der Waals surface area contributed by atoms with E-state index in [4.69, 9.17) is 14.6 Å². The first-order chi connectivity index (χ1) is 10.0. The average molecular weight is 286 g/mol. The molecule has 21 heavy (non-hydrogen) atoms. The highest BCUT2D eigenvalue weighted by Crippen LogP contribution is 2.33. The maximum Gasteiger partial charge on any atom is 0.345 e. The normalized spacial score (nSPS) is 16.2. The quantitative estimate of drug-likeness (QED) is 0.932. The summed E-state index contributed by atoms with van der Waals surface area (Å²) in [7, 11) is 0. The van der Waals surface area contributed by atoms with Gasteiger partial charge in [-0.3, -0.25) is 4.98 Å². The van der Waals surface area contributed by atoms with Crippen molar-refractivity contribution >= 4 is 5.97 Å². The predicted octanol–water partition coefficient (Wildman–Crippen LogP) is 2.27. The number of aryl methyl sites for hydroxylation is 2. The van der Waals surface area contributed by atoms with E-state index < -0.39 is 12.1 Å². The summed E-state index contributed by atoms with van der Waals surface area (Å²) in [5.41, 5.74) is 2.51. The molecule has 0 radical (unpaired) electrons. The number of rotatable bonds is 3. The van der Waals surface area contributed by atoms with Gasteiger partial charge in [-0.05, 0) is 25.5 Å². The molecule has 1 unspecified atom stereocenters. The summed E-state index contributed by atoms with van der Waals surface area (Å²) in [4.78, 5) is 19.4. The van der Waals surface area contributed by atoms with Crippen molar-refractivity contribution < 1.29 is 19.4 Å². The molecule has 2 aromatic rings. The Bertz CT molecular complexity index is 715. The maximum atomic E-state index is 10.9. The molecule has 0 aliphatic carbocycles. The first kappa shape index (κ1) is 13.4. The largest absolute Gasteiger partial charge is 0.478 e. The highest BCUT2D eigenvalue weighted by atomic mass is 16.5. The van der Waals surface area contributed by atoms with E-state index >= 15 is 0 Å². The van der Waals surface area contributed by atoms with Gasteiger partial charge >= 0.3 is 5.97 Å². The molecule has 1 aromatic heterocycles. The number of aromatic nitrogens is 2. The molecule has 0 amide bonds. The second-order valence-electron chi connectivity index (χ2n) is 4.90. The van der Waals surface area contributed by atoms with Crippen molar-refractivity contribution in [2.24, 2.45) is 0 Å². The maximum absolute atomic E-state index is 10.9. The zero-order valence-electron chi connectivity index (χ0n) is 11.7. The van der Waals surface area contributed by atoms with Gasteiger partial charge in [0.05, 0.1) is 17.6 Å². The first-order valence-corrected chi connectivity index (χ1v) is 6.53. The molecule has 1 aliphatic heterocycles. The molecule has 0 fully saturated rings. The van der Waals surface area contributed by atoms with Gasteiger partial charge in [0.2, 0.25) is 5.88 Å². The molecule has 1 aromatic carbocycles. The third kappa shape index (κ3) is 2.65. The Hall–Kier alpha value is -2.63. The zero-order chi connectivity index (χ0) is 15.0. The van der Waals surface area contributed by atoms with Gasteiger partial charge in [-0.1, -0.05) is 6.07 Å². The first-order valence-electron chi connectivity index (χ1n) is 6.53. The molecule has 6 nitrogen and oxygen atoms in total. The number of carbonyl (C=O) groups is 1. The summed E-state index contributed by atoms with van der Waals surface area (Å²) in [6.07, 6.45) is 1.10. The van der Waals surface area contributed by atoms with Gasteiger partial charge < -0.3 is 14.6 Å². The van der Waals surface area contributed by atoms with Gasteiger partial charge in [0.1, 0.15) is 11.5 Å². The van der Waals surface area contributed by atoms with Crippen LogP contribution < -0.4 is 9.47 Å². The van der Waals surface area contributed by atoms with Crippen LogP contribution >= 0.6 is 0 Å². The molecule has 0 bridgehead atoms. The Morgan fingerprint density at radius 2 is 2.19 bits per heavy atom. The summed E-state index contributed by atoms with van der Waals surface area (Å²) < 4.78 is 11.0. The molecule has 0 saturated carbocycles. The van der Waals surface area contributed by atoms with E-state index in [0.29, 0.717) is 23.8 Å². The standard InChI is InChI=1S/C15H14N2O4/c1-8-9(2)17-14(7-16-8)20-11-4-3-10-5-13(15(18)19)21-12(10)6-11/h3-4,6-7,13H,5H2,1-2H3,(H,18,19). The van der Waals surface area contributed by atoms with Crippen molar-refractivity contribution in [1.82, 2.24) is 9.97 Å². The number of fused-ring (bicyclic) bond motifs is 1. The lowest BCUT2D eigenvalue weighted by Crippen LogP contribution is -2.24. The van der Waals surface area contributed by atoms with Crippen molar-refractivity contribution in [3.05, 3.63) is 41.3 Å². The molecule has 1 atom stereocenters. The minimum Gasteiger partial charge on any atom is -0.478 e. The van der Waals surface area contributed by atoms with Gasteiger partial charge in [0.25, 0.3) is 0 Å². The number of hydrogen-bond acceptors (Lipinski definition) is 5. The molecule has 0 spiro atoms. The van der Waals surface area contributed by atoms with Crippen LogP contribution in [0.3, 0.4) is 0 Å². The number of aliphatic carboxylic acids is 1. The van der Waals surface area contributed by atoms with Crippen molar-refractivity contribution in [3.8, 4) is 17.4 Å². The van der Waals surface area contributed by atoms with Crippen LogP contribution in [-0.2, 0) is 11.2 Å². The summed E-state index contributed by atoms with van der Waals surface area (Å²) in [5.74, 6) is 0.508. The van der Waals surface area contributed by atoms with Crippen LogP contribution in [0.5, 0.6) is 17.4 Å². The molecule has 1 N–H and O–H groups in total. The van der Waals surface area contributed by atoms with Crippen LogP contribution in [-0.4, -0.2) is 27.1 Å². The van der Waals surface area contributed by atoms with Crippen molar-refractivity contribution in [3.63, 3.8) is 0 Å². The van der Waals surface area contributed by atoms with E-state index in [9.17, 15) is 4.79 Å². The second-order valence-corrected chi connectivity index (χ2v) is 4.90. The van der Waals surface area contributed by atoms with Crippen LogP contribution in [0, 0.1) is 13.8 Å². The summed E-state index contributed by atoms with van der Waals surface area (Å²) >= 11 is 0. The molecular weight excluding hydrogens is 272 g/mol. The lowest BCUT2D eigenvalue weighted by Gasteiger charge is -2.08. The molecule has 6 heteroatoms. The van der Waals surface area contributed by atoms with E-state index in [1.54, 1.807) is 18.3 Å². The fraction of sp³-hybridized carbons (Fsp3) is 0.267. The second kappa shape index (κ2) is 5.05. The fourth-order valence-electron chi connectivity index (χ4n) is 2.10. The van der Waals surface area contributed by atoms with Gasteiger partial charge in [-0.25, -0.2) is 9.78 Å². The van der Waals surface area contributed by atoms with Crippen molar-refractivity contribution in [2.75, 3.05) is 0 Å². The van der Waals surface area contributed by atoms with E-state index in [-0.39, 0.29) is 0 Å². The SMILES string of the molecule is Cc1ncc(Oc2ccc3c(c2)OC(C(=O)O)C3)nc1C. The van der Waals surface area contributed by atoms with E-state index in [0.717, 1.165) is 17.0 Å². The highest BCUT2D eigenvalue weighted by molar-refractivity contribution is 5.74. The Morgan fingerprint density at radius 3 is 2.90 bits per heavy atom. The summed E-state index contributed by atoms with van der Waals surface area (Å²) in [5, 5.41) is 8.97. The number of benzene rings is 1. The predicted molar refractivity (Wildman–Crippen MR) is 73.8 cm³/mol. The van der Waals surface area contributed by atoms with E-state index in [2.05, 4.69) is 9.97 Å². The molecule has 1 aliphatic rings. The molecular formula is C15H14N2O4. The topological polar surface area (TPSA) is 81.5 Å². The average Bonchev–Trinajstić information content (AvgIpc) is 2.86. The Labute approximate surface area is 121 Å². The molecule has 0 saturated heterocycles. The van der Waals surface area contributed by atoms with Crippen LogP contribution in [0.4, 0.5) is 0 Å². The third-order valence-corrected chi connectivity index (χ3v) is 3.38. The van der Waals surface area contributed by atoms with Gasteiger partial charge in [-0.2, -0.15) is 0 Å². The smallest absolute Gasteiger partial charge is 0.345 e. The lowest BCUT2D eigenvalue weighted by atomic mass is 10.1. The van der Waals surface area contributed by atoms with Crippen LogP contribution in [0.15, 0.2) is 24.4 Å². The number of ether oxygens (including phenoxy) is 2. The zero-order valence-corrected chi connectivity index (χ0v) is 11.7. The highest BCUT2D eigenvalue weighted by Gasteiger charge is 2.29. The summed E-state index contributed by atoms with van der Waals surface area (Å²) in [6, 6.07) is 5.25. The van der Waals surface area contributed by atoms with Crippen molar-refractivity contribution in [1.29, 1.82) is 0 Å². The Balaban J connectivity index is 1.81. The molecule has 2 heterocycles. The van der Waals surface area contributed by atoms with Crippen molar-refractivity contribution in [2.45, 2.75) is 26.4 Å². The number of carboxylic acid groups (broad SMARTS) is 1. The minimum atomic E-state index is -0.964. The molecule has 3 rings (SSSR count). The van der Waals surface area contributed by atoms with E-state index in [1.165, 1.54) is 0 Å². The third-order valence-electron chi connectivity index (χ3n) is 3.38. The van der Waals surface area contributed by atoms with E-state index in [1.807, 2.05) is 19.9 Å². The monoisotopic (exact) mass is 286 g/mol. The number of nitrogens with zero attached hydrogens (tertiary/aromatic N) is 2. The fourth-order valence-corrected chi connectivity index (χ4v) is 2.10. The number of hydrogen-bond donors (Lipinski definition) is 1. The Morgan fingerprint density at radius 1 is 1.38 bits per heavy atom. The lowest BCUT2D eigenvalue weighted by molar-refractivity contribution is -0.144. The Kier molecular flexibility index (Phi) is 3.21. The van der Waals surface area contributed by atoms with Crippen LogP contribution in [0.25, 0.3) is 0 Å². The van der Waals surface area contributed by atoms with Crippen LogP contribution in [0.1, 0.15) is 17.0 Å². The molecule has 108 valence electrons. The summed E-state index contributed by atoms with van der Waals surface area (Å²) in [6.45, 7) is 3.74. The van der Waals surface area contributed by atoms with Gasteiger partial charge in [-0.15, -0.1) is 0 Å². The minimum absolute atomic E-state index is 0.369. The van der Waals surface area contributed by atoms with Crippen LogP contribution in [0.2, 0.25) is 0 Å².